The molecule has 1 heterocycles. The van der Waals surface area contributed by atoms with Crippen LogP contribution < -0.4 is 9.47 Å². The molecule has 0 bridgehead atoms. The Balaban J connectivity index is 1.98. The van der Waals surface area contributed by atoms with Gasteiger partial charge in [0.1, 0.15) is 17.1 Å². The van der Waals surface area contributed by atoms with Crippen molar-refractivity contribution in [2.75, 3.05) is 6.61 Å². The molecule has 0 amide bonds. The standard InChI is InChI=1S/C26H44O2/c1-9-27-24-20(5)21(6)25-23(22(24)7)15-17-26(8,28-25)16-11-14-19(4)13-10-12-18(2)3/h18-19H,9-17H2,1-8H3. The summed E-state index contributed by atoms with van der Waals surface area (Å²) in [5, 5.41) is 0. The van der Waals surface area contributed by atoms with Gasteiger partial charge in [0, 0.05) is 5.56 Å². The molecule has 28 heavy (non-hydrogen) atoms. The summed E-state index contributed by atoms with van der Waals surface area (Å²) in [5.41, 5.74) is 5.12. The van der Waals surface area contributed by atoms with Crippen LogP contribution in [0.5, 0.6) is 11.5 Å². The van der Waals surface area contributed by atoms with Crippen molar-refractivity contribution in [1.29, 1.82) is 0 Å². The second-order valence-corrected chi connectivity index (χ2v) is 9.82. The average molecular weight is 389 g/mol. The molecule has 0 aromatic heterocycles. The topological polar surface area (TPSA) is 18.5 Å². The highest BCUT2D eigenvalue weighted by Crippen LogP contribution is 2.45. The molecule has 2 nitrogen and oxygen atoms in total. The van der Waals surface area contributed by atoms with Crippen molar-refractivity contribution in [2.24, 2.45) is 11.8 Å². The first-order chi connectivity index (χ1) is 13.2. The van der Waals surface area contributed by atoms with E-state index >= 15 is 0 Å². The molecule has 1 aliphatic heterocycles. The highest BCUT2D eigenvalue weighted by molar-refractivity contribution is 5.59. The Morgan fingerprint density at radius 1 is 0.964 bits per heavy atom. The molecule has 0 spiro atoms. The number of hydrogen-bond donors (Lipinski definition) is 0. The van der Waals surface area contributed by atoms with Crippen LogP contribution in [0, 0.1) is 32.6 Å². The van der Waals surface area contributed by atoms with E-state index in [1.165, 1.54) is 54.4 Å². The normalized spacial score (nSPS) is 20.0. The van der Waals surface area contributed by atoms with E-state index in [9.17, 15) is 0 Å². The van der Waals surface area contributed by atoms with Crippen LogP contribution in [0.1, 0.15) is 102 Å². The first-order valence-corrected chi connectivity index (χ1v) is 11.6. The van der Waals surface area contributed by atoms with Gasteiger partial charge in [0.05, 0.1) is 6.61 Å². The molecule has 0 fully saturated rings. The van der Waals surface area contributed by atoms with Gasteiger partial charge in [-0.3, -0.25) is 0 Å². The third-order valence-electron chi connectivity index (χ3n) is 6.73. The molecule has 1 aromatic carbocycles. The van der Waals surface area contributed by atoms with Gasteiger partial charge in [0.2, 0.25) is 0 Å². The summed E-state index contributed by atoms with van der Waals surface area (Å²) in [4.78, 5) is 0. The van der Waals surface area contributed by atoms with Crippen LogP contribution >= 0.6 is 0 Å². The summed E-state index contributed by atoms with van der Waals surface area (Å²) in [6.45, 7) is 18.7. The number of fused-ring (bicyclic) bond motifs is 1. The molecular formula is C26H44O2. The predicted octanol–water partition coefficient (Wildman–Crippen LogP) is 7.73. The predicted molar refractivity (Wildman–Crippen MR) is 121 cm³/mol. The number of ether oxygens (including phenoxy) is 2. The Hall–Kier alpha value is -1.18. The second kappa shape index (κ2) is 10.0. The molecule has 2 heteroatoms. The van der Waals surface area contributed by atoms with E-state index in [0.29, 0.717) is 6.61 Å². The summed E-state index contributed by atoms with van der Waals surface area (Å²) >= 11 is 0. The van der Waals surface area contributed by atoms with Crippen LogP contribution in [-0.4, -0.2) is 12.2 Å². The van der Waals surface area contributed by atoms with Crippen molar-refractivity contribution >= 4 is 0 Å². The van der Waals surface area contributed by atoms with Gasteiger partial charge in [-0.1, -0.05) is 46.5 Å². The zero-order valence-electron chi connectivity index (χ0n) is 19.8. The van der Waals surface area contributed by atoms with Gasteiger partial charge < -0.3 is 9.47 Å². The van der Waals surface area contributed by atoms with Crippen LogP contribution in [0.2, 0.25) is 0 Å². The van der Waals surface area contributed by atoms with E-state index in [0.717, 1.165) is 42.6 Å². The lowest BCUT2D eigenvalue weighted by atomic mass is 9.84. The Morgan fingerprint density at radius 2 is 1.64 bits per heavy atom. The van der Waals surface area contributed by atoms with E-state index < -0.39 is 0 Å². The highest BCUT2D eigenvalue weighted by atomic mass is 16.5. The first kappa shape index (κ1) is 23.1. The van der Waals surface area contributed by atoms with E-state index in [-0.39, 0.29) is 5.60 Å². The first-order valence-electron chi connectivity index (χ1n) is 11.6. The Morgan fingerprint density at radius 3 is 2.29 bits per heavy atom. The minimum atomic E-state index is -0.0264. The maximum atomic E-state index is 6.68. The molecule has 1 aromatic rings. The van der Waals surface area contributed by atoms with Crippen molar-refractivity contribution in [3.8, 4) is 11.5 Å². The summed E-state index contributed by atoms with van der Waals surface area (Å²) in [6.07, 6.45) is 10.1. The molecule has 2 atom stereocenters. The van der Waals surface area contributed by atoms with E-state index in [1.54, 1.807) is 0 Å². The molecule has 0 saturated heterocycles. The third-order valence-corrected chi connectivity index (χ3v) is 6.73. The monoisotopic (exact) mass is 388 g/mol. The van der Waals surface area contributed by atoms with Gasteiger partial charge in [-0.2, -0.15) is 0 Å². The number of rotatable bonds is 10. The van der Waals surface area contributed by atoms with Crippen LogP contribution in [0.15, 0.2) is 0 Å². The van der Waals surface area contributed by atoms with Gasteiger partial charge in [-0.15, -0.1) is 0 Å². The van der Waals surface area contributed by atoms with E-state index in [4.69, 9.17) is 9.47 Å². The Kier molecular flexibility index (Phi) is 8.28. The SMILES string of the molecule is CCOc1c(C)c(C)c2c(c1C)CCC(C)(CCCC(C)CCCC(C)C)O2. The lowest BCUT2D eigenvalue weighted by Crippen LogP contribution is -2.37. The second-order valence-electron chi connectivity index (χ2n) is 9.82. The molecule has 0 N–H and O–H groups in total. The summed E-state index contributed by atoms with van der Waals surface area (Å²) < 4.78 is 12.6. The molecule has 0 aliphatic carbocycles. The van der Waals surface area contributed by atoms with Crippen LogP contribution in [0.25, 0.3) is 0 Å². The smallest absolute Gasteiger partial charge is 0.127 e. The zero-order valence-corrected chi connectivity index (χ0v) is 19.8. The minimum Gasteiger partial charge on any atom is -0.493 e. The summed E-state index contributed by atoms with van der Waals surface area (Å²) in [7, 11) is 0. The van der Waals surface area contributed by atoms with Crippen molar-refractivity contribution in [3.63, 3.8) is 0 Å². The zero-order chi connectivity index (χ0) is 20.9. The average Bonchev–Trinajstić information content (AvgIpc) is 2.63. The molecule has 2 unspecified atom stereocenters. The third kappa shape index (κ3) is 5.67. The van der Waals surface area contributed by atoms with Crippen LogP contribution in [-0.2, 0) is 6.42 Å². The molecule has 160 valence electrons. The number of hydrogen-bond acceptors (Lipinski definition) is 2. The van der Waals surface area contributed by atoms with Gasteiger partial charge in [0.25, 0.3) is 0 Å². The van der Waals surface area contributed by atoms with Crippen molar-refractivity contribution in [1.82, 2.24) is 0 Å². The fraction of sp³-hybridized carbons (Fsp3) is 0.769. The maximum absolute atomic E-state index is 6.68. The van der Waals surface area contributed by atoms with Gasteiger partial charge in [-0.05, 0) is 88.8 Å². The Bertz CT molecular complexity index is 647. The maximum Gasteiger partial charge on any atom is 0.127 e. The van der Waals surface area contributed by atoms with Crippen molar-refractivity contribution in [2.45, 2.75) is 112 Å². The quantitative estimate of drug-likeness (QED) is 0.408. The Labute approximate surface area is 174 Å². The molecule has 2 rings (SSSR count). The minimum absolute atomic E-state index is 0.0264. The summed E-state index contributed by atoms with van der Waals surface area (Å²) in [6, 6.07) is 0. The van der Waals surface area contributed by atoms with Gasteiger partial charge in [0.15, 0.2) is 0 Å². The van der Waals surface area contributed by atoms with Gasteiger partial charge in [-0.25, -0.2) is 0 Å². The van der Waals surface area contributed by atoms with E-state index in [2.05, 4.69) is 55.4 Å². The fourth-order valence-corrected chi connectivity index (χ4v) is 4.66. The van der Waals surface area contributed by atoms with Crippen molar-refractivity contribution in [3.05, 3.63) is 22.3 Å². The van der Waals surface area contributed by atoms with Crippen LogP contribution in [0.4, 0.5) is 0 Å². The molecule has 1 aliphatic rings. The highest BCUT2D eigenvalue weighted by Gasteiger charge is 2.34. The van der Waals surface area contributed by atoms with E-state index in [1.807, 2.05) is 0 Å². The number of benzene rings is 1. The molecule has 0 saturated carbocycles. The summed E-state index contributed by atoms with van der Waals surface area (Å²) in [5.74, 6) is 3.87. The van der Waals surface area contributed by atoms with Crippen LogP contribution in [0.3, 0.4) is 0 Å². The lowest BCUT2D eigenvalue weighted by molar-refractivity contribution is 0.0511. The van der Waals surface area contributed by atoms with Crippen molar-refractivity contribution < 1.29 is 9.47 Å². The largest absolute Gasteiger partial charge is 0.493 e. The molecular weight excluding hydrogens is 344 g/mol. The van der Waals surface area contributed by atoms with Gasteiger partial charge >= 0.3 is 0 Å². The lowest BCUT2D eigenvalue weighted by Gasteiger charge is -2.38. The molecule has 0 radical (unpaired) electrons. The fourth-order valence-electron chi connectivity index (χ4n) is 4.66.